The maximum absolute atomic E-state index is 13.1. The summed E-state index contributed by atoms with van der Waals surface area (Å²) in [7, 11) is -3.69. The zero-order valence-corrected chi connectivity index (χ0v) is 11.7. The van der Waals surface area contributed by atoms with Crippen LogP contribution in [0, 0.1) is 11.6 Å². The van der Waals surface area contributed by atoms with Crippen LogP contribution in [0.15, 0.2) is 23.1 Å². The van der Waals surface area contributed by atoms with Gasteiger partial charge in [0.1, 0.15) is 16.5 Å². The maximum atomic E-state index is 13.1. The molecule has 0 saturated carbocycles. The quantitative estimate of drug-likeness (QED) is 0.400. The van der Waals surface area contributed by atoms with E-state index in [0.29, 0.717) is 6.07 Å². The average molecular weight is 444 g/mol. The Morgan fingerprint density at radius 1 is 1.21 bits per heavy atom. The van der Waals surface area contributed by atoms with Gasteiger partial charge in [-0.3, -0.25) is 0 Å². The highest BCUT2D eigenvalue weighted by molar-refractivity contribution is 14.2. The molecule has 0 spiro atoms. The van der Waals surface area contributed by atoms with E-state index in [-0.39, 0.29) is 0 Å². The molecule has 0 radical (unpaired) electrons. The third kappa shape index (κ3) is 2.54. The molecule has 0 unspecified atom stereocenters. The first kappa shape index (κ1) is 12.6. The number of halogens is 4. The lowest BCUT2D eigenvalue weighted by molar-refractivity contribution is 0.551. The summed E-state index contributed by atoms with van der Waals surface area (Å²) in [6.07, 6.45) is 0. The number of hydrogen-bond acceptors (Lipinski definition) is 2. The van der Waals surface area contributed by atoms with Crippen molar-refractivity contribution in [2.75, 3.05) is 0 Å². The molecule has 0 aliphatic heterocycles. The van der Waals surface area contributed by atoms with Crippen LogP contribution < -0.4 is 0 Å². The molecule has 78 valence electrons. The molecule has 14 heavy (non-hydrogen) atoms. The van der Waals surface area contributed by atoms with E-state index in [1.54, 1.807) is 45.2 Å². The fourth-order valence-corrected chi connectivity index (χ4v) is 3.23. The minimum atomic E-state index is -3.69. The molecule has 0 aromatic heterocycles. The summed E-state index contributed by atoms with van der Waals surface area (Å²) >= 11 is 3.30. The van der Waals surface area contributed by atoms with Gasteiger partial charge in [-0.25, -0.2) is 17.2 Å². The third-order valence-electron chi connectivity index (χ3n) is 1.44. The molecule has 1 rings (SSSR count). The summed E-state index contributed by atoms with van der Waals surface area (Å²) in [5.74, 6) is -1.84. The van der Waals surface area contributed by atoms with E-state index < -0.39 is 27.6 Å². The Morgan fingerprint density at radius 2 is 1.79 bits per heavy atom. The predicted octanol–water partition coefficient (Wildman–Crippen LogP) is 2.89. The molecule has 0 amide bonds. The predicted molar refractivity (Wildman–Crippen MR) is 65.4 cm³/mol. The van der Waals surface area contributed by atoms with E-state index in [1.807, 2.05) is 0 Å². The van der Waals surface area contributed by atoms with Crippen LogP contribution in [0.25, 0.3) is 0 Å². The molecule has 1 aromatic rings. The minimum Gasteiger partial charge on any atom is -0.222 e. The highest BCUT2D eigenvalue weighted by Crippen LogP contribution is 2.27. The van der Waals surface area contributed by atoms with Crippen LogP contribution in [0.3, 0.4) is 0 Å². The Balaban J connectivity index is 3.35. The van der Waals surface area contributed by atoms with E-state index >= 15 is 0 Å². The normalized spacial score (nSPS) is 12.1. The van der Waals surface area contributed by atoms with Crippen LogP contribution in [0.2, 0.25) is 0 Å². The Bertz CT molecular complexity index is 445. The topological polar surface area (TPSA) is 34.1 Å². The number of rotatable bonds is 2. The van der Waals surface area contributed by atoms with Gasteiger partial charge in [-0.05, 0) is 12.1 Å². The molecule has 0 atom stereocenters. The van der Waals surface area contributed by atoms with Gasteiger partial charge in [-0.15, -0.1) is 0 Å². The molecule has 1 aromatic carbocycles. The van der Waals surface area contributed by atoms with Gasteiger partial charge < -0.3 is 0 Å². The van der Waals surface area contributed by atoms with Gasteiger partial charge in [0, 0.05) is 6.07 Å². The maximum Gasteiger partial charge on any atom is 0.202 e. The Labute approximate surface area is 107 Å². The van der Waals surface area contributed by atoms with Crippen LogP contribution >= 0.6 is 45.2 Å². The number of sulfone groups is 1. The van der Waals surface area contributed by atoms with Crippen molar-refractivity contribution in [3.05, 3.63) is 29.8 Å². The Hall–Kier alpha value is 0.490. The van der Waals surface area contributed by atoms with Crippen molar-refractivity contribution in [1.29, 1.82) is 0 Å². The van der Waals surface area contributed by atoms with Gasteiger partial charge in [0.25, 0.3) is 0 Å². The Kier molecular flexibility index (Phi) is 4.09. The standard InChI is InChI=1S/C7H4F2I2O2S/c8-4-1-2-6(5(9)3-4)14(12,13)7(10)11/h1-3,7H. The van der Waals surface area contributed by atoms with Crippen LogP contribution in [0.1, 0.15) is 0 Å². The molecular weight excluding hydrogens is 440 g/mol. The van der Waals surface area contributed by atoms with Crippen LogP contribution in [0.5, 0.6) is 0 Å². The first-order chi connectivity index (χ1) is 6.35. The van der Waals surface area contributed by atoms with Crippen molar-refractivity contribution in [3.63, 3.8) is 0 Å². The second-order valence-electron chi connectivity index (χ2n) is 2.38. The molecule has 0 bridgehead atoms. The number of alkyl halides is 2. The Morgan fingerprint density at radius 3 is 2.21 bits per heavy atom. The summed E-state index contributed by atoms with van der Waals surface area (Å²) < 4.78 is 47.8. The molecule has 0 aliphatic rings. The fraction of sp³-hybridized carbons (Fsp3) is 0.143. The molecule has 0 N–H and O–H groups in total. The van der Waals surface area contributed by atoms with Crippen molar-refractivity contribution in [2.45, 2.75) is 6.16 Å². The lowest BCUT2D eigenvalue weighted by Crippen LogP contribution is -2.10. The van der Waals surface area contributed by atoms with E-state index in [9.17, 15) is 17.2 Å². The van der Waals surface area contributed by atoms with Crippen molar-refractivity contribution in [1.82, 2.24) is 0 Å². The first-order valence-corrected chi connectivity index (χ1v) is 7.36. The molecule has 0 aliphatic carbocycles. The van der Waals surface area contributed by atoms with Crippen LogP contribution in [-0.2, 0) is 9.84 Å². The second-order valence-corrected chi connectivity index (χ2v) is 10.9. The largest absolute Gasteiger partial charge is 0.222 e. The zero-order valence-electron chi connectivity index (χ0n) is 6.55. The molecule has 0 fully saturated rings. The van der Waals surface area contributed by atoms with E-state index in [4.69, 9.17) is 0 Å². The lowest BCUT2D eigenvalue weighted by Gasteiger charge is -2.05. The van der Waals surface area contributed by atoms with Gasteiger partial charge in [0.15, 0.2) is 1.26 Å². The minimum absolute atomic E-state index is 0.465. The summed E-state index contributed by atoms with van der Waals surface area (Å²) in [6, 6.07) is 2.42. The third-order valence-corrected chi connectivity index (χ3v) is 6.87. The number of hydrogen-bond donors (Lipinski definition) is 0. The van der Waals surface area contributed by atoms with E-state index in [1.165, 1.54) is 0 Å². The monoisotopic (exact) mass is 444 g/mol. The fourth-order valence-electron chi connectivity index (χ4n) is 0.802. The van der Waals surface area contributed by atoms with Gasteiger partial charge in [-0.2, -0.15) is 0 Å². The molecule has 0 heterocycles. The first-order valence-electron chi connectivity index (χ1n) is 3.33. The highest BCUT2D eigenvalue weighted by Gasteiger charge is 2.25. The van der Waals surface area contributed by atoms with Crippen molar-refractivity contribution < 1.29 is 17.2 Å². The number of benzene rings is 1. The van der Waals surface area contributed by atoms with Crippen LogP contribution in [0.4, 0.5) is 8.78 Å². The van der Waals surface area contributed by atoms with Crippen LogP contribution in [-0.4, -0.2) is 9.68 Å². The molecule has 2 nitrogen and oxygen atoms in total. The lowest BCUT2D eigenvalue weighted by atomic mass is 10.3. The van der Waals surface area contributed by atoms with Crippen molar-refractivity contribution in [2.24, 2.45) is 0 Å². The van der Waals surface area contributed by atoms with Crippen molar-refractivity contribution >= 4 is 55.0 Å². The van der Waals surface area contributed by atoms with Crippen molar-refractivity contribution in [3.8, 4) is 0 Å². The molecular formula is C7H4F2I2O2S. The van der Waals surface area contributed by atoms with Gasteiger partial charge in [-0.1, -0.05) is 45.2 Å². The molecule has 0 saturated heterocycles. The highest BCUT2D eigenvalue weighted by atomic mass is 127. The van der Waals surface area contributed by atoms with Gasteiger partial charge >= 0.3 is 0 Å². The summed E-state index contributed by atoms with van der Waals surface area (Å²) in [5.41, 5.74) is 0. The SMILES string of the molecule is O=S(=O)(c1ccc(F)cc1F)C(I)I. The zero-order chi connectivity index (χ0) is 10.9. The summed E-state index contributed by atoms with van der Waals surface area (Å²) in [4.78, 5) is -0.465. The summed E-state index contributed by atoms with van der Waals surface area (Å²) in [6.45, 7) is 0. The van der Waals surface area contributed by atoms with E-state index in [0.717, 1.165) is 12.1 Å². The average Bonchev–Trinajstić information content (AvgIpc) is 2.02. The van der Waals surface area contributed by atoms with E-state index in [2.05, 4.69) is 0 Å². The second kappa shape index (κ2) is 4.56. The van der Waals surface area contributed by atoms with Gasteiger partial charge in [0.05, 0.1) is 0 Å². The van der Waals surface area contributed by atoms with Gasteiger partial charge in [0.2, 0.25) is 9.84 Å². The molecule has 7 heteroatoms. The summed E-state index contributed by atoms with van der Waals surface area (Å²) in [5, 5.41) is 0. The smallest absolute Gasteiger partial charge is 0.202 e.